The number of esters is 1. The highest BCUT2D eigenvalue weighted by Gasteiger charge is 2.42. The Labute approximate surface area is 185 Å². The van der Waals surface area contributed by atoms with E-state index in [9.17, 15) is 29.3 Å². The van der Waals surface area contributed by atoms with Crippen molar-refractivity contribution < 1.29 is 28.8 Å². The molecule has 0 spiro atoms. The molecule has 0 fully saturated rings. The van der Waals surface area contributed by atoms with Crippen LogP contribution in [0.5, 0.6) is 0 Å². The molecular weight excluding hydrogens is 436 g/mol. The van der Waals surface area contributed by atoms with Crippen molar-refractivity contribution in [3.8, 4) is 0 Å². The lowest BCUT2D eigenvalue weighted by atomic mass is 10.1. The van der Waals surface area contributed by atoms with E-state index >= 15 is 0 Å². The number of hydrogen-bond donors (Lipinski definition) is 0. The lowest BCUT2D eigenvalue weighted by molar-refractivity contribution is -0.385. The standard InChI is InChI=1S/C22H14N2O7S/c1-12-7-8-13(22(28)31-11-17(25)18-6-3-9-32-18)10-16(12)23-20(26)14-4-2-5-15(24(29)30)19(14)21(23)27/h2-10H,11H2,1H3. The van der Waals surface area contributed by atoms with Crippen LogP contribution in [0.3, 0.4) is 0 Å². The summed E-state index contributed by atoms with van der Waals surface area (Å²) in [6, 6.07) is 11.4. The van der Waals surface area contributed by atoms with E-state index in [0.29, 0.717) is 10.4 Å². The second-order valence-electron chi connectivity index (χ2n) is 6.88. The van der Waals surface area contributed by atoms with Crippen molar-refractivity contribution in [1.82, 2.24) is 0 Å². The lowest BCUT2D eigenvalue weighted by Crippen LogP contribution is -2.30. The zero-order chi connectivity index (χ0) is 23.0. The van der Waals surface area contributed by atoms with E-state index in [1.807, 2.05) is 0 Å². The maximum absolute atomic E-state index is 13.0. The van der Waals surface area contributed by atoms with Crippen LogP contribution in [-0.2, 0) is 4.74 Å². The molecule has 9 nitrogen and oxygen atoms in total. The van der Waals surface area contributed by atoms with Crippen LogP contribution in [0.25, 0.3) is 0 Å². The van der Waals surface area contributed by atoms with E-state index in [2.05, 4.69) is 0 Å². The van der Waals surface area contributed by atoms with E-state index in [4.69, 9.17) is 4.74 Å². The number of ether oxygens (including phenoxy) is 1. The first-order valence-electron chi connectivity index (χ1n) is 9.30. The van der Waals surface area contributed by atoms with Gasteiger partial charge in [0.15, 0.2) is 6.61 Å². The van der Waals surface area contributed by atoms with Crippen molar-refractivity contribution in [2.75, 3.05) is 11.5 Å². The Balaban J connectivity index is 1.62. The zero-order valence-electron chi connectivity index (χ0n) is 16.6. The second-order valence-corrected chi connectivity index (χ2v) is 7.83. The minimum absolute atomic E-state index is 0.0237. The number of nitrogens with zero attached hydrogens (tertiary/aromatic N) is 2. The summed E-state index contributed by atoms with van der Waals surface area (Å²) in [5.41, 5.74) is -0.230. The van der Waals surface area contributed by atoms with Crippen molar-refractivity contribution in [3.63, 3.8) is 0 Å². The van der Waals surface area contributed by atoms with Gasteiger partial charge in [0.2, 0.25) is 5.78 Å². The fraction of sp³-hybridized carbons (Fsp3) is 0.0909. The van der Waals surface area contributed by atoms with Crippen LogP contribution in [0.1, 0.15) is 46.3 Å². The Hall–Kier alpha value is -4.18. The number of imide groups is 1. The number of hydrogen-bond acceptors (Lipinski definition) is 8. The minimum atomic E-state index is -0.848. The fourth-order valence-electron chi connectivity index (χ4n) is 3.34. The van der Waals surface area contributed by atoms with Gasteiger partial charge in [-0.15, -0.1) is 11.3 Å². The van der Waals surface area contributed by atoms with E-state index in [1.165, 1.54) is 41.7 Å². The average molecular weight is 450 g/mol. The largest absolute Gasteiger partial charge is 0.454 e. The smallest absolute Gasteiger partial charge is 0.338 e. The molecule has 4 rings (SSSR count). The normalized spacial score (nSPS) is 12.6. The van der Waals surface area contributed by atoms with Crippen LogP contribution >= 0.6 is 11.3 Å². The van der Waals surface area contributed by atoms with Gasteiger partial charge in [-0.3, -0.25) is 24.5 Å². The van der Waals surface area contributed by atoms with Crippen molar-refractivity contribution >= 4 is 46.3 Å². The summed E-state index contributed by atoms with van der Waals surface area (Å²) < 4.78 is 5.08. The third kappa shape index (κ3) is 3.56. The lowest BCUT2D eigenvalue weighted by Gasteiger charge is -2.17. The van der Waals surface area contributed by atoms with Gasteiger partial charge >= 0.3 is 5.97 Å². The van der Waals surface area contributed by atoms with E-state index in [-0.39, 0.29) is 28.2 Å². The number of amides is 2. The molecule has 2 aromatic carbocycles. The van der Waals surface area contributed by atoms with Crippen LogP contribution in [0.15, 0.2) is 53.9 Å². The quantitative estimate of drug-likeness (QED) is 0.184. The molecule has 160 valence electrons. The van der Waals surface area contributed by atoms with Gasteiger partial charge in [0, 0.05) is 6.07 Å². The van der Waals surface area contributed by atoms with Gasteiger partial charge in [-0.1, -0.05) is 18.2 Å². The first kappa shape index (κ1) is 21.1. The topological polar surface area (TPSA) is 124 Å². The van der Waals surface area contributed by atoms with Crippen molar-refractivity contribution in [2.45, 2.75) is 6.92 Å². The van der Waals surface area contributed by atoms with Gasteiger partial charge < -0.3 is 4.74 Å². The summed E-state index contributed by atoms with van der Waals surface area (Å²) in [5.74, 6) is -2.74. The summed E-state index contributed by atoms with van der Waals surface area (Å²) in [5, 5.41) is 13.0. The summed E-state index contributed by atoms with van der Waals surface area (Å²) in [6.07, 6.45) is 0. The number of nitro groups is 1. The summed E-state index contributed by atoms with van der Waals surface area (Å²) in [6.45, 7) is 1.17. The number of thiophene rings is 1. The summed E-state index contributed by atoms with van der Waals surface area (Å²) in [7, 11) is 0. The van der Waals surface area contributed by atoms with Gasteiger partial charge in [0.05, 0.1) is 26.6 Å². The number of rotatable bonds is 6. The van der Waals surface area contributed by atoms with E-state index in [0.717, 1.165) is 11.0 Å². The molecule has 3 aromatic rings. The van der Waals surface area contributed by atoms with Crippen molar-refractivity contribution in [3.05, 3.63) is 91.2 Å². The third-order valence-corrected chi connectivity index (χ3v) is 5.82. The van der Waals surface area contributed by atoms with Crippen LogP contribution in [0.4, 0.5) is 11.4 Å². The molecule has 1 aliphatic heterocycles. The highest BCUT2D eigenvalue weighted by molar-refractivity contribution is 7.12. The highest BCUT2D eigenvalue weighted by atomic mass is 32.1. The molecule has 1 aromatic heterocycles. The first-order valence-corrected chi connectivity index (χ1v) is 10.2. The number of ketones is 1. The monoisotopic (exact) mass is 450 g/mol. The van der Waals surface area contributed by atoms with Gasteiger partial charge in [-0.25, -0.2) is 9.69 Å². The van der Waals surface area contributed by atoms with E-state index < -0.39 is 35.0 Å². The number of fused-ring (bicyclic) bond motifs is 1. The van der Waals surface area contributed by atoms with Crippen LogP contribution < -0.4 is 4.90 Å². The SMILES string of the molecule is Cc1ccc(C(=O)OCC(=O)c2cccs2)cc1N1C(=O)c2cccc([N+](=O)[O-])c2C1=O. The molecule has 1 aliphatic rings. The van der Waals surface area contributed by atoms with Crippen LogP contribution in [0, 0.1) is 17.0 Å². The van der Waals surface area contributed by atoms with Crippen LogP contribution in [-0.4, -0.2) is 35.1 Å². The molecule has 0 radical (unpaired) electrons. The van der Waals surface area contributed by atoms with E-state index in [1.54, 1.807) is 24.4 Å². The third-order valence-electron chi connectivity index (χ3n) is 4.91. The molecule has 0 unspecified atom stereocenters. The van der Waals surface area contributed by atoms with Crippen LogP contribution in [0.2, 0.25) is 0 Å². The maximum atomic E-state index is 13.0. The maximum Gasteiger partial charge on any atom is 0.338 e. The number of carbonyl (C=O) groups is 4. The Morgan fingerprint density at radius 2 is 1.88 bits per heavy atom. The van der Waals surface area contributed by atoms with Crippen molar-refractivity contribution in [2.24, 2.45) is 0 Å². The number of benzene rings is 2. The average Bonchev–Trinajstić information content (AvgIpc) is 3.40. The van der Waals surface area contributed by atoms with Gasteiger partial charge in [0.1, 0.15) is 5.56 Å². The zero-order valence-corrected chi connectivity index (χ0v) is 17.4. The summed E-state index contributed by atoms with van der Waals surface area (Å²) >= 11 is 1.23. The Kier molecular flexibility index (Phi) is 5.37. The first-order chi connectivity index (χ1) is 15.3. The van der Waals surface area contributed by atoms with Crippen molar-refractivity contribution in [1.29, 1.82) is 0 Å². The molecule has 2 amide bonds. The number of carbonyl (C=O) groups excluding carboxylic acids is 4. The molecule has 0 atom stereocenters. The molecule has 0 aliphatic carbocycles. The minimum Gasteiger partial charge on any atom is -0.454 e. The second kappa shape index (κ2) is 8.16. The molecule has 10 heteroatoms. The molecule has 0 bridgehead atoms. The van der Waals surface area contributed by atoms with Gasteiger partial charge in [0.25, 0.3) is 17.5 Å². The number of nitro benzene ring substituents is 1. The number of Topliss-reactive ketones (excluding diaryl/α,β-unsaturated/α-hetero) is 1. The van der Waals surface area contributed by atoms with Gasteiger partial charge in [-0.05, 0) is 42.1 Å². The highest BCUT2D eigenvalue weighted by Crippen LogP contribution is 2.35. The molecule has 0 saturated heterocycles. The predicted molar refractivity (Wildman–Crippen MR) is 114 cm³/mol. The molecule has 2 heterocycles. The Morgan fingerprint density at radius 1 is 1.09 bits per heavy atom. The molecule has 32 heavy (non-hydrogen) atoms. The number of aryl methyl sites for hydroxylation is 1. The molecular formula is C22H14N2O7S. The fourth-order valence-corrected chi connectivity index (χ4v) is 3.99. The molecule has 0 saturated carbocycles. The Bertz CT molecular complexity index is 1300. The predicted octanol–water partition coefficient (Wildman–Crippen LogP) is 3.81. The Morgan fingerprint density at radius 3 is 2.56 bits per heavy atom. The summed E-state index contributed by atoms with van der Waals surface area (Å²) in [4.78, 5) is 62.2. The molecule has 0 N–H and O–H groups in total. The van der Waals surface area contributed by atoms with Gasteiger partial charge in [-0.2, -0.15) is 0 Å². The number of anilines is 1.